The normalized spacial score (nSPS) is 11.5. The number of ether oxygens (including phenoxy) is 3. The fraction of sp³-hybridized carbons (Fsp3) is 0.227. The molecule has 30 heavy (non-hydrogen) atoms. The lowest BCUT2D eigenvalue weighted by molar-refractivity contribution is -0.148. The molecule has 158 valence electrons. The number of anilines is 2. The number of hydrogen-bond acceptors (Lipinski definition) is 6. The molecule has 0 spiro atoms. The minimum absolute atomic E-state index is 0.188. The molecule has 0 unspecified atom stereocenters. The second kappa shape index (κ2) is 10.7. The molecule has 0 aromatic heterocycles. The highest BCUT2D eigenvalue weighted by molar-refractivity contribution is 5.97. The summed E-state index contributed by atoms with van der Waals surface area (Å²) >= 11 is 0. The van der Waals surface area contributed by atoms with Crippen molar-refractivity contribution in [1.82, 2.24) is 0 Å². The third-order valence-electron chi connectivity index (χ3n) is 3.97. The Morgan fingerprint density at radius 2 is 1.57 bits per heavy atom. The molecule has 0 saturated heterocycles. The first kappa shape index (κ1) is 22.5. The van der Waals surface area contributed by atoms with Gasteiger partial charge in [0.05, 0.1) is 14.2 Å². The van der Waals surface area contributed by atoms with Crippen molar-refractivity contribution in [2.45, 2.75) is 20.0 Å². The lowest BCUT2D eigenvalue weighted by Gasteiger charge is -2.13. The zero-order valence-electron chi connectivity index (χ0n) is 17.2. The zero-order chi connectivity index (χ0) is 22.1. The van der Waals surface area contributed by atoms with E-state index in [1.807, 2.05) is 0 Å². The maximum atomic E-state index is 12.3. The van der Waals surface area contributed by atoms with Gasteiger partial charge in [0.2, 0.25) is 5.91 Å². The van der Waals surface area contributed by atoms with Crippen LogP contribution < -0.4 is 20.1 Å². The number of carbonyl (C=O) groups is 3. The van der Waals surface area contributed by atoms with Crippen LogP contribution in [0.5, 0.6) is 11.5 Å². The summed E-state index contributed by atoms with van der Waals surface area (Å²) in [6.45, 7) is 2.88. The summed E-state index contributed by atoms with van der Waals surface area (Å²) < 4.78 is 15.6. The number of amides is 2. The predicted octanol–water partition coefficient (Wildman–Crippen LogP) is 3.25. The first-order chi connectivity index (χ1) is 14.3. The molecule has 0 aliphatic carbocycles. The third kappa shape index (κ3) is 6.66. The van der Waals surface area contributed by atoms with E-state index in [-0.39, 0.29) is 5.91 Å². The van der Waals surface area contributed by atoms with E-state index < -0.39 is 18.0 Å². The van der Waals surface area contributed by atoms with Gasteiger partial charge in [0.1, 0.15) is 11.5 Å². The van der Waals surface area contributed by atoms with Crippen molar-refractivity contribution in [1.29, 1.82) is 0 Å². The minimum Gasteiger partial charge on any atom is -0.497 e. The summed E-state index contributed by atoms with van der Waals surface area (Å²) in [4.78, 5) is 35.4. The third-order valence-corrected chi connectivity index (χ3v) is 3.97. The standard InChI is InChI=1S/C22H24N2O6/c1-14(22(27)24-18-8-6-17(7-9-18)23-15(2)25)30-21(26)12-5-16-13-19(28-3)10-11-20(16)29-4/h5-14H,1-4H3,(H,23,25)(H,24,27)/b12-5+/t14-/m0/s1. The number of carbonyl (C=O) groups excluding carboxylic acids is 3. The quantitative estimate of drug-likeness (QED) is 0.510. The Labute approximate surface area is 174 Å². The number of hydrogen-bond donors (Lipinski definition) is 2. The van der Waals surface area contributed by atoms with Crippen LogP contribution in [0, 0.1) is 0 Å². The van der Waals surface area contributed by atoms with E-state index in [1.54, 1.807) is 42.5 Å². The van der Waals surface area contributed by atoms with Crippen LogP contribution in [0.1, 0.15) is 19.4 Å². The van der Waals surface area contributed by atoms with Crippen LogP contribution in [0.2, 0.25) is 0 Å². The van der Waals surface area contributed by atoms with Crippen molar-refractivity contribution < 1.29 is 28.6 Å². The number of esters is 1. The van der Waals surface area contributed by atoms with Gasteiger partial charge < -0.3 is 24.8 Å². The van der Waals surface area contributed by atoms with Crippen LogP contribution in [0.4, 0.5) is 11.4 Å². The Kier molecular flexibility index (Phi) is 7.99. The first-order valence-electron chi connectivity index (χ1n) is 9.11. The van der Waals surface area contributed by atoms with Gasteiger partial charge in [-0.2, -0.15) is 0 Å². The van der Waals surface area contributed by atoms with E-state index in [4.69, 9.17) is 14.2 Å². The van der Waals surface area contributed by atoms with E-state index >= 15 is 0 Å². The Bertz CT molecular complexity index is 937. The summed E-state index contributed by atoms with van der Waals surface area (Å²) in [6.07, 6.45) is 1.72. The van der Waals surface area contributed by atoms with Gasteiger partial charge in [-0.1, -0.05) is 0 Å². The largest absolute Gasteiger partial charge is 0.497 e. The Balaban J connectivity index is 1.94. The summed E-state index contributed by atoms with van der Waals surface area (Å²) in [5.74, 6) is -0.173. The lowest BCUT2D eigenvalue weighted by Crippen LogP contribution is -2.29. The fourth-order valence-corrected chi connectivity index (χ4v) is 2.48. The van der Waals surface area contributed by atoms with Gasteiger partial charge in [0.15, 0.2) is 6.10 Å². The Morgan fingerprint density at radius 1 is 0.933 bits per heavy atom. The highest BCUT2D eigenvalue weighted by Crippen LogP contribution is 2.25. The smallest absolute Gasteiger partial charge is 0.331 e. The summed E-state index contributed by atoms with van der Waals surface area (Å²) in [5, 5.41) is 5.28. The number of rotatable bonds is 8. The van der Waals surface area contributed by atoms with Crippen molar-refractivity contribution in [3.05, 3.63) is 54.1 Å². The van der Waals surface area contributed by atoms with Crippen molar-refractivity contribution in [3.63, 3.8) is 0 Å². The topological polar surface area (TPSA) is 103 Å². The van der Waals surface area contributed by atoms with E-state index in [0.29, 0.717) is 28.4 Å². The maximum absolute atomic E-state index is 12.3. The molecular weight excluding hydrogens is 388 g/mol. The molecule has 2 aromatic carbocycles. The van der Waals surface area contributed by atoms with Crippen molar-refractivity contribution in [2.24, 2.45) is 0 Å². The molecule has 1 atom stereocenters. The lowest BCUT2D eigenvalue weighted by atomic mass is 10.1. The molecule has 2 rings (SSSR count). The van der Waals surface area contributed by atoms with Crippen LogP contribution in [-0.4, -0.2) is 38.1 Å². The van der Waals surface area contributed by atoms with Gasteiger partial charge in [0, 0.05) is 29.9 Å². The highest BCUT2D eigenvalue weighted by Gasteiger charge is 2.17. The van der Waals surface area contributed by atoms with Gasteiger partial charge >= 0.3 is 5.97 Å². The molecular formula is C22H24N2O6. The first-order valence-corrected chi connectivity index (χ1v) is 9.11. The molecule has 0 aliphatic rings. The molecule has 0 saturated carbocycles. The summed E-state index contributed by atoms with van der Waals surface area (Å²) in [5.41, 5.74) is 1.75. The van der Waals surface area contributed by atoms with Crippen LogP contribution in [0.25, 0.3) is 6.08 Å². The van der Waals surface area contributed by atoms with Gasteiger partial charge in [-0.3, -0.25) is 9.59 Å². The second-order valence-corrected chi connectivity index (χ2v) is 6.27. The SMILES string of the molecule is COc1ccc(OC)c(/C=C/C(=O)O[C@@H](C)C(=O)Nc2ccc(NC(C)=O)cc2)c1. The molecule has 0 bridgehead atoms. The van der Waals surface area contributed by atoms with Crippen LogP contribution in [0.15, 0.2) is 48.5 Å². The molecule has 8 nitrogen and oxygen atoms in total. The molecule has 8 heteroatoms. The molecule has 2 amide bonds. The van der Waals surface area contributed by atoms with E-state index in [0.717, 1.165) is 0 Å². The van der Waals surface area contributed by atoms with E-state index in [1.165, 1.54) is 40.2 Å². The fourth-order valence-electron chi connectivity index (χ4n) is 2.48. The number of benzene rings is 2. The van der Waals surface area contributed by atoms with Crippen LogP contribution >= 0.6 is 0 Å². The maximum Gasteiger partial charge on any atom is 0.331 e. The Hall–Kier alpha value is -3.81. The molecule has 0 radical (unpaired) electrons. The molecule has 0 aliphatic heterocycles. The Morgan fingerprint density at radius 3 is 2.13 bits per heavy atom. The van der Waals surface area contributed by atoms with Gasteiger partial charge in [-0.15, -0.1) is 0 Å². The minimum atomic E-state index is -1.01. The second-order valence-electron chi connectivity index (χ2n) is 6.27. The monoisotopic (exact) mass is 412 g/mol. The molecule has 2 aromatic rings. The highest BCUT2D eigenvalue weighted by atomic mass is 16.5. The molecule has 0 heterocycles. The van der Waals surface area contributed by atoms with E-state index in [9.17, 15) is 14.4 Å². The van der Waals surface area contributed by atoms with Crippen LogP contribution in [-0.2, 0) is 19.1 Å². The zero-order valence-corrected chi connectivity index (χ0v) is 17.2. The summed E-state index contributed by atoms with van der Waals surface area (Å²) in [6, 6.07) is 11.7. The van der Waals surface area contributed by atoms with Gasteiger partial charge in [-0.25, -0.2) is 4.79 Å². The number of nitrogens with one attached hydrogen (secondary N) is 2. The van der Waals surface area contributed by atoms with Crippen molar-refractivity contribution in [2.75, 3.05) is 24.9 Å². The van der Waals surface area contributed by atoms with Crippen LogP contribution in [0.3, 0.4) is 0 Å². The van der Waals surface area contributed by atoms with Gasteiger partial charge in [-0.05, 0) is 55.5 Å². The average molecular weight is 412 g/mol. The van der Waals surface area contributed by atoms with Crippen molar-refractivity contribution in [3.8, 4) is 11.5 Å². The average Bonchev–Trinajstić information content (AvgIpc) is 2.72. The molecule has 2 N–H and O–H groups in total. The van der Waals surface area contributed by atoms with Gasteiger partial charge in [0.25, 0.3) is 5.91 Å². The summed E-state index contributed by atoms with van der Waals surface area (Å²) in [7, 11) is 3.06. The van der Waals surface area contributed by atoms with E-state index in [2.05, 4.69) is 10.6 Å². The predicted molar refractivity (Wildman–Crippen MR) is 114 cm³/mol. The number of methoxy groups -OCH3 is 2. The molecule has 0 fully saturated rings. The van der Waals surface area contributed by atoms with Crippen molar-refractivity contribution >= 4 is 35.2 Å².